The number of Topliss-reactive ketones (excluding diaryl/α,β-unsaturated/α-hetero) is 1. The van der Waals surface area contributed by atoms with Gasteiger partial charge in [-0.3, -0.25) is 4.79 Å². The van der Waals surface area contributed by atoms with E-state index >= 15 is 0 Å². The Balaban J connectivity index is 1.69. The van der Waals surface area contributed by atoms with Crippen molar-refractivity contribution in [3.05, 3.63) is 29.7 Å². The first kappa shape index (κ1) is 15.1. The van der Waals surface area contributed by atoms with E-state index in [1.807, 2.05) is 6.07 Å². The van der Waals surface area contributed by atoms with Crippen molar-refractivity contribution in [2.24, 2.45) is 5.92 Å². The van der Waals surface area contributed by atoms with Crippen LogP contribution in [0.4, 0.5) is 5.69 Å². The van der Waals surface area contributed by atoms with Crippen LogP contribution in [0, 0.1) is 17.2 Å². The minimum atomic E-state index is 0.0553. The van der Waals surface area contributed by atoms with E-state index in [1.165, 1.54) is 6.20 Å². The molecule has 0 unspecified atom stereocenters. The Kier molecular flexibility index (Phi) is 3.78. The number of rotatable bonds is 5. The van der Waals surface area contributed by atoms with Crippen molar-refractivity contribution in [1.82, 2.24) is 20.6 Å². The van der Waals surface area contributed by atoms with E-state index in [1.54, 1.807) is 12.1 Å². The summed E-state index contributed by atoms with van der Waals surface area (Å²) < 4.78 is 11.1. The van der Waals surface area contributed by atoms with Gasteiger partial charge >= 0.3 is 0 Å². The van der Waals surface area contributed by atoms with E-state index in [-0.39, 0.29) is 23.1 Å². The fourth-order valence-corrected chi connectivity index (χ4v) is 2.55. The number of ether oxygens (including phenoxy) is 2. The van der Waals surface area contributed by atoms with Crippen LogP contribution in [0.25, 0.3) is 5.57 Å². The van der Waals surface area contributed by atoms with Crippen LogP contribution >= 0.6 is 0 Å². The normalized spacial score (nSPS) is 16.2. The Morgan fingerprint density at radius 1 is 1.32 bits per heavy atom. The average molecular weight is 338 g/mol. The van der Waals surface area contributed by atoms with Gasteiger partial charge in [0.1, 0.15) is 24.9 Å². The van der Waals surface area contributed by atoms with Gasteiger partial charge in [0, 0.05) is 23.7 Å². The molecule has 9 heteroatoms. The van der Waals surface area contributed by atoms with Gasteiger partial charge in [-0.2, -0.15) is 10.5 Å². The summed E-state index contributed by atoms with van der Waals surface area (Å²) in [4.78, 5) is 12.6. The number of carbonyl (C=O) groups excluding carboxylic acids is 1. The van der Waals surface area contributed by atoms with Gasteiger partial charge in [0.2, 0.25) is 5.82 Å². The number of tetrazole rings is 1. The second kappa shape index (κ2) is 6.24. The number of carbonyl (C=O) groups is 1. The van der Waals surface area contributed by atoms with Crippen LogP contribution < -0.4 is 14.8 Å². The summed E-state index contributed by atoms with van der Waals surface area (Å²) in [6.45, 7) is 0.900. The molecule has 2 aromatic rings. The minimum absolute atomic E-state index is 0.0553. The molecular formula is C16H14N6O3. The summed E-state index contributed by atoms with van der Waals surface area (Å²) in [5, 5.41) is 25.5. The molecular weight excluding hydrogens is 324 g/mol. The van der Waals surface area contributed by atoms with Gasteiger partial charge in [-0.1, -0.05) is 0 Å². The zero-order valence-electron chi connectivity index (χ0n) is 13.2. The van der Waals surface area contributed by atoms with Gasteiger partial charge in [-0.05, 0) is 24.1 Å². The maximum Gasteiger partial charge on any atom is 0.216 e. The molecule has 0 atom stereocenters. The third-order valence-electron chi connectivity index (χ3n) is 3.97. The monoisotopic (exact) mass is 338 g/mol. The molecule has 9 nitrogen and oxygen atoms in total. The van der Waals surface area contributed by atoms with E-state index in [0.717, 1.165) is 12.8 Å². The third kappa shape index (κ3) is 3.01. The van der Waals surface area contributed by atoms with Crippen LogP contribution in [0.5, 0.6) is 11.5 Å². The minimum Gasteiger partial charge on any atom is -0.486 e. The van der Waals surface area contributed by atoms with Gasteiger partial charge in [0.05, 0.1) is 5.69 Å². The highest BCUT2D eigenvalue weighted by Gasteiger charge is 2.33. The highest BCUT2D eigenvalue weighted by atomic mass is 16.6. The fraction of sp³-hybridized carbons (Fsp3) is 0.312. The van der Waals surface area contributed by atoms with Gasteiger partial charge < -0.3 is 14.8 Å². The summed E-state index contributed by atoms with van der Waals surface area (Å²) in [5.74, 6) is 1.41. The number of hydrogen-bond donors (Lipinski definition) is 2. The van der Waals surface area contributed by atoms with Crippen molar-refractivity contribution >= 4 is 17.0 Å². The highest BCUT2D eigenvalue weighted by Crippen LogP contribution is 2.40. The van der Waals surface area contributed by atoms with Crippen LogP contribution in [-0.2, 0) is 0 Å². The molecule has 0 spiro atoms. The number of aromatic nitrogens is 4. The maximum absolute atomic E-state index is 12.6. The average Bonchev–Trinajstić information content (AvgIpc) is 3.36. The van der Waals surface area contributed by atoms with Gasteiger partial charge in [0.15, 0.2) is 17.3 Å². The Labute approximate surface area is 142 Å². The van der Waals surface area contributed by atoms with E-state index in [4.69, 9.17) is 9.47 Å². The SMILES string of the molecule is N#CC(=CNc1cc2c(cc1C(=O)C1CC1)OCCO2)c1nn[nH]n1. The van der Waals surface area contributed by atoms with Crippen molar-refractivity contribution in [2.75, 3.05) is 18.5 Å². The molecule has 1 saturated carbocycles. The molecule has 2 heterocycles. The van der Waals surface area contributed by atoms with E-state index in [9.17, 15) is 10.1 Å². The zero-order valence-corrected chi connectivity index (χ0v) is 13.2. The molecule has 0 amide bonds. The van der Waals surface area contributed by atoms with Gasteiger partial charge in [0.25, 0.3) is 0 Å². The number of allylic oxidation sites excluding steroid dienone is 1. The summed E-state index contributed by atoms with van der Waals surface area (Å²) in [5.41, 5.74) is 1.26. The van der Waals surface area contributed by atoms with Crippen LogP contribution in [0.2, 0.25) is 0 Å². The number of nitrogens with zero attached hydrogens (tertiary/aromatic N) is 4. The number of nitrogens with one attached hydrogen (secondary N) is 2. The van der Waals surface area contributed by atoms with Crippen LogP contribution in [0.15, 0.2) is 18.3 Å². The molecule has 0 saturated heterocycles. The summed E-state index contributed by atoms with van der Waals surface area (Å²) in [7, 11) is 0. The largest absolute Gasteiger partial charge is 0.486 e. The summed E-state index contributed by atoms with van der Waals surface area (Å²) in [6.07, 6.45) is 3.24. The number of benzene rings is 1. The molecule has 0 bridgehead atoms. The number of nitriles is 1. The topological polar surface area (TPSA) is 126 Å². The molecule has 1 fully saturated rings. The fourth-order valence-electron chi connectivity index (χ4n) is 2.55. The Morgan fingerprint density at radius 3 is 2.72 bits per heavy atom. The lowest BCUT2D eigenvalue weighted by atomic mass is 10.0. The lowest BCUT2D eigenvalue weighted by Crippen LogP contribution is -2.17. The van der Waals surface area contributed by atoms with Crippen LogP contribution in [-0.4, -0.2) is 39.6 Å². The molecule has 1 aromatic carbocycles. The van der Waals surface area contributed by atoms with E-state index in [0.29, 0.717) is 36.0 Å². The number of hydrogen-bond acceptors (Lipinski definition) is 8. The van der Waals surface area contributed by atoms with Gasteiger partial charge in [-0.15, -0.1) is 10.2 Å². The van der Waals surface area contributed by atoms with E-state index < -0.39 is 0 Å². The zero-order chi connectivity index (χ0) is 17.2. The van der Waals surface area contributed by atoms with Crippen molar-refractivity contribution in [3.63, 3.8) is 0 Å². The first-order chi connectivity index (χ1) is 12.3. The predicted molar refractivity (Wildman–Crippen MR) is 85.9 cm³/mol. The predicted octanol–water partition coefficient (Wildman–Crippen LogP) is 1.54. The van der Waals surface area contributed by atoms with E-state index in [2.05, 4.69) is 25.9 Å². The number of aromatic amines is 1. The standard InChI is InChI=1S/C16H14N6O3/c17-7-10(16-19-21-22-20-16)8-18-12-6-14-13(24-3-4-25-14)5-11(12)15(23)9-1-2-9/h5-6,8-9,18H,1-4H2,(H,19,20,21,22). The molecule has 2 aliphatic rings. The maximum atomic E-state index is 12.6. The number of fused-ring (bicyclic) bond motifs is 1. The Hall–Kier alpha value is -3.41. The highest BCUT2D eigenvalue weighted by molar-refractivity contribution is 6.05. The molecule has 1 aromatic heterocycles. The molecule has 1 aliphatic heterocycles. The second-order valence-electron chi connectivity index (χ2n) is 5.73. The number of H-pyrrole nitrogens is 1. The molecule has 0 radical (unpaired) electrons. The second-order valence-corrected chi connectivity index (χ2v) is 5.73. The van der Waals surface area contributed by atoms with Crippen molar-refractivity contribution in [3.8, 4) is 17.6 Å². The molecule has 25 heavy (non-hydrogen) atoms. The first-order valence-corrected chi connectivity index (χ1v) is 7.84. The Morgan fingerprint density at radius 2 is 2.08 bits per heavy atom. The first-order valence-electron chi connectivity index (χ1n) is 7.84. The number of ketones is 1. The van der Waals surface area contributed by atoms with Gasteiger partial charge in [-0.25, -0.2) is 0 Å². The lowest BCUT2D eigenvalue weighted by molar-refractivity contribution is 0.0967. The summed E-state index contributed by atoms with van der Waals surface area (Å²) in [6, 6.07) is 5.41. The third-order valence-corrected chi connectivity index (χ3v) is 3.97. The molecule has 126 valence electrons. The smallest absolute Gasteiger partial charge is 0.216 e. The molecule has 2 N–H and O–H groups in total. The lowest BCUT2D eigenvalue weighted by Gasteiger charge is -2.21. The summed E-state index contributed by atoms with van der Waals surface area (Å²) >= 11 is 0. The van der Waals surface area contributed by atoms with Crippen LogP contribution in [0.1, 0.15) is 29.0 Å². The van der Waals surface area contributed by atoms with Crippen LogP contribution in [0.3, 0.4) is 0 Å². The van der Waals surface area contributed by atoms with Crippen molar-refractivity contribution in [2.45, 2.75) is 12.8 Å². The molecule has 1 aliphatic carbocycles. The molecule has 4 rings (SSSR count). The number of anilines is 1. The quantitative estimate of drug-likeness (QED) is 0.621. The Bertz CT molecular complexity index is 880. The van der Waals surface area contributed by atoms with Crippen molar-refractivity contribution < 1.29 is 14.3 Å². The van der Waals surface area contributed by atoms with Crippen molar-refractivity contribution in [1.29, 1.82) is 5.26 Å².